The number of phenolic OH excluding ortho intramolecular Hbond substituents is 1. The molecule has 0 heterocycles. The van der Waals surface area contributed by atoms with Crippen LogP contribution in [0.1, 0.15) is 12.5 Å². The van der Waals surface area contributed by atoms with Crippen molar-refractivity contribution < 1.29 is 19.4 Å². The molecule has 1 N–H and O–H groups in total. The number of methoxy groups -OCH3 is 1. The van der Waals surface area contributed by atoms with Gasteiger partial charge in [0, 0.05) is 6.08 Å². The molecule has 0 saturated carbocycles. The van der Waals surface area contributed by atoms with Gasteiger partial charge in [-0.25, -0.2) is 4.79 Å². The molecule has 0 saturated heterocycles. The van der Waals surface area contributed by atoms with Crippen molar-refractivity contribution in [2.75, 3.05) is 13.7 Å². The molecule has 122 valence electrons. The maximum Gasteiger partial charge on any atom is 0.331 e. The lowest BCUT2D eigenvalue weighted by Gasteiger charge is -2.03. The highest BCUT2D eigenvalue weighted by atomic mass is 16.5. The number of aromatic hydroxyl groups is 1. The Kier molecular flexibility index (Phi) is 8.74. The Bertz CT molecular complexity index is 762. The van der Waals surface area contributed by atoms with E-state index < -0.39 is 5.97 Å². The summed E-state index contributed by atoms with van der Waals surface area (Å²) in [5, 5.41) is 9.49. The van der Waals surface area contributed by atoms with Gasteiger partial charge in [0.25, 0.3) is 0 Å². The maximum absolute atomic E-state index is 11.6. The first-order valence-electron chi connectivity index (χ1n) is 7.16. The predicted molar refractivity (Wildman–Crippen MR) is 94.2 cm³/mol. The summed E-state index contributed by atoms with van der Waals surface area (Å²) in [6, 6.07) is 4.76. The van der Waals surface area contributed by atoms with Gasteiger partial charge in [0.05, 0.1) is 7.11 Å². The van der Waals surface area contributed by atoms with Gasteiger partial charge in [0.15, 0.2) is 11.5 Å². The van der Waals surface area contributed by atoms with Gasteiger partial charge in [-0.1, -0.05) is 24.0 Å². The highest BCUT2D eigenvalue weighted by Crippen LogP contribution is 2.26. The molecule has 0 aromatic heterocycles. The molecule has 0 spiro atoms. The topological polar surface area (TPSA) is 55.8 Å². The number of phenols is 1. The SMILES string of the molecule is C/C=C\C#CC#C/C=C/COC(=O)/C=C/c1ccc(O)c(OC)c1. The van der Waals surface area contributed by atoms with Crippen LogP contribution in [-0.2, 0) is 9.53 Å². The number of allylic oxidation sites excluding steroid dienone is 3. The van der Waals surface area contributed by atoms with Gasteiger partial charge in [-0.15, -0.1) is 0 Å². The van der Waals surface area contributed by atoms with Crippen LogP contribution < -0.4 is 4.74 Å². The molecule has 4 nitrogen and oxygen atoms in total. The van der Waals surface area contributed by atoms with Crippen molar-refractivity contribution in [1.82, 2.24) is 0 Å². The van der Waals surface area contributed by atoms with Crippen molar-refractivity contribution in [2.24, 2.45) is 0 Å². The van der Waals surface area contributed by atoms with Crippen LogP contribution in [0.2, 0.25) is 0 Å². The fourth-order valence-electron chi connectivity index (χ4n) is 1.49. The lowest BCUT2D eigenvalue weighted by Crippen LogP contribution is -1.99. The average molecular weight is 322 g/mol. The fraction of sp³-hybridized carbons (Fsp3) is 0.150. The van der Waals surface area contributed by atoms with E-state index in [9.17, 15) is 9.90 Å². The van der Waals surface area contributed by atoms with Crippen LogP contribution in [0.5, 0.6) is 11.5 Å². The molecular formula is C20H18O4. The number of rotatable bonds is 5. The van der Waals surface area contributed by atoms with Crippen molar-refractivity contribution in [1.29, 1.82) is 0 Å². The van der Waals surface area contributed by atoms with E-state index in [0.717, 1.165) is 0 Å². The second kappa shape index (κ2) is 11.2. The van der Waals surface area contributed by atoms with E-state index in [0.29, 0.717) is 11.3 Å². The summed E-state index contributed by atoms with van der Waals surface area (Å²) in [6.45, 7) is 2.00. The molecule has 0 unspecified atom stereocenters. The smallest absolute Gasteiger partial charge is 0.331 e. The number of benzene rings is 1. The molecule has 0 aliphatic rings. The molecule has 1 rings (SSSR count). The Morgan fingerprint density at radius 2 is 2.00 bits per heavy atom. The van der Waals surface area contributed by atoms with E-state index in [1.165, 1.54) is 19.3 Å². The minimum absolute atomic E-state index is 0.0406. The molecule has 0 atom stereocenters. The largest absolute Gasteiger partial charge is 0.504 e. The Hall–Kier alpha value is -3.37. The molecule has 0 bridgehead atoms. The number of carbonyl (C=O) groups is 1. The first kappa shape index (κ1) is 18.7. The number of hydrogen-bond acceptors (Lipinski definition) is 4. The molecule has 1 aromatic rings. The monoisotopic (exact) mass is 322 g/mol. The summed E-state index contributed by atoms with van der Waals surface area (Å²) in [7, 11) is 1.46. The quantitative estimate of drug-likeness (QED) is 0.514. The van der Waals surface area contributed by atoms with Crippen LogP contribution in [0.25, 0.3) is 6.08 Å². The lowest BCUT2D eigenvalue weighted by molar-refractivity contribution is -0.136. The van der Waals surface area contributed by atoms with E-state index in [1.54, 1.807) is 36.4 Å². The zero-order chi connectivity index (χ0) is 17.6. The van der Waals surface area contributed by atoms with Crippen molar-refractivity contribution >= 4 is 12.0 Å². The van der Waals surface area contributed by atoms with Crippen LogP contribution >= 0.6 is 0 Å². The molecule has 0 fully saturated rings. The van der Waals surface area contributed by atoms with E-state index in [1.807, 2.05) is 13.0 Å². The third kappa shape index (κ3) is 7.59. The molecule has 0 aliphatic heterocycles. The van der Waals surface area contributed by atoms with E-state index in [2.05, 4.69) is 23.7 Å². The minimum atomic E-state index is -0.479. The van der Waals surface area contributed by atoms with Crippen molar-refractivity contribution in [2.45, 2.75) is 6.92 Å². The first-order valence-corrected chi connectivity index (χ1v) is 7.16. The third-order valence-corrected chi connectivity index (χ3v) is 2.60. The number of carbonyl (C=O) groups excluding carboxylic acids is 1. The van der Waals surface area contributed by atoms with Crippen LogP contribution in [0, 0.1) is 23.7 Å². The van der Waals surface area contributed by atoms with E-state index in [4.69, 9.17) is 9.47 Å². The van der Waals surface area contributed by atoms with Gasteiger partial charge in [-0.2, -0.15) is 0 Å². The predicted octanol–water partition coefficient (Wildman–Crippen LogP) is 3.10. The number of esters is 1. The van der Waals surface area contributed by atoms with Crippen molar-refractivity contribution in [3.8, 4) is 35.2 Å². The fourth-order valence-corrected chi connectivity index (χ4v) is 1.49. The molecule has 0 radical (unpaired) electrons. The molecule has 1 aromatic carbocycles. The van der Waals surface area contributed by atoms with Crippen molar-refractivity contribution in [3.63, 3.8) is 0 Å². The molecule has 0 amide bonds. The average Bonchev–Trinajstić information content (AvgIpc) is 2.59. The third-order valence-electron chi connectivity index (χ3n) is 2.60. The molecule has 4 heteroatoms. The normalized spacial score (nSPS) is 10.2. The Morgan fingerprint density at radius 1 is 1.25 bits per heavy atom. The summed E-state index contributed by atoms with van der Waals surface area (Å²) in [6.07, 6.45) is 9.60. The zero-order valence-electron chi connectivity index (χ0n) is 13.6. The van der Waals surface area contributed by atoms with E-state index in [-0.39, 0.29) is 12.4 Å². The summed E-state index contributed by atoms with van der Waals surface area (Å²) in [5.41, 5.74) is 0.711. The second-order valence-electron chi connectivity index (χ2n) is 4.34. The first-order chi connectivity index (χ1) is 11.7. The van der Waals surface area contributed by atoms with E-state index >= 15 is 0 Å². The Balaban J connectivity index is 2.43. The van der Waals surface area contributed by atoms with Gasteiger partial charge >= 0.3 is 5.97 Å². The summed E-state index contributed by atoms with van der Waals surface area (Å²) in [4.78, 5) is 11.6. The maximum atomic E-state index is 11.6. The zero-order valence-corrected chi connectivity index (χ0v) is 13.6. The minimum Gasteiger partial charge on any atom is -0.504 e. The van der Waals surface area contributed by atoms with Gasteiger partial charge in [0.2, 0.25) is 0 Å². The van der Waals surface area contributed by atoms with Gasteiger partial charge in [-0.05, 0) is 60.8 Å². The second-order valence-corrected chi connectivity index (χ2v) is 4.34. The molecule has 24 heavy (non-hydrogen) atoms. The van der Waals surface area contributed by atoms with Crippen molar-refractivity contribution in [3.05, 3.63) is 54.1 Å². The Labute approximate surface area is 142 Å². The molecule has 0 aliphatic carbocycles. The number of ether oxygens (including phenoxy) is 2. The summed E-state index contributed by atoms with van der Waals surface area (Å²) >= 11 is 0. The summed E-state index contributed by atoms with van der Waals surface area (Å²) in [5.74, 6) is 10.6. The summed E-state index contributed by atoms with van der Waals surface area (Å²) < 4.78 is 9.97. The van der Waals surface area contributed by atoms with Crippen LogP contribution in [0.3, 0.4) is 0 Å². The number of hydrogen-bond donors (Lipinski definition) is 1. The van der Waals surface area contributed by atoms with Crippen LogP contribution in [-0.4, -0.2) is 24.8 Å². The van der Waals surface area contributed by atoms with Crippen LogP contribution in [0.15, 0.2) is 48.6 Å². The Morgan fingerprint density at radius 3 is 2.71 bits per heavy atom. The van der Waals surface area contributed by atoms with Crippen LogP contribution in [0.4, 0.5) is 0 Å². The van der Waals surface area contributed by atoms with Gasteiger partial charge in [-0.3, -0.25) is 0 Å². The van der Waals surface area contributed by atoms with Gasteiger partial charge in [0.1, 0.15) is 6.61 Å². The standard InChI is InChI=1S/C20H18O4/c1-3-4-5-6-7-8-9-10-15-24-20(22)14-12-17-11-13-18(21)19(16-17)23-2/h3-4,9-14,16,21H,15H2,1-2H3/b4-3-,10-9+,14-12+. The lowest BCUT2D eigenvalue weighted by atomic mass is 10.2. The van der Waals surface area contributed by atoms with Gasteiger partial charge < -0.3 is 14.6 Å². The highest BCUT2D eigenvalue weighted by molar-refractivity contribution is 5.87. The molecular weight excluding hydrogens is 304 g/mol. The highest BCUT2D eigenvalue weighted by Gasteiger charge is 2.01.